The van der Waals surface area contributed by atoms with Crippen molar-refractivity contribution in [3.63, 3.8) is 0 Å². The van der Waals surface area contributed by atoms with Crippen molar-refractivity contribution in [1.29, 1.82) is 0 Å². The fourth-order valence-corrected chi connectivity index (χ4v) is 2.55. The van der Waals surface area contributed by atoms with Gasteiger partial charge in [-0.15, -0.1) is 0 Å². The van der Waals surface area contributed by atoms with Crippen LogP contribution in [0.15, 0.2) is 42.6 Å². The quantitative estimate of drug-likeness (QED) is 0.507. The third-order valence-electron chi connectivity index (χ3n) is 3.97. The van der Waals surface area contributed by atoms with Crippen LogP contribution in [0.25, 0.3) is 0 Å². The van der Waals surface area contributed by atoms with Crippen molar-refractivity contribution in [2.45, 2.75) is 70.8 Å². The first-order valence-corrected chi connectivity index (χ1v) is 8.91. The number of carboxylic acid groups (broad SMARTS) is 1. The van der Waals surface area contributed by atoms with Crippen LogP contribution in [0.4, 0.5) is 0 Å². The SMILES string of the molecule is CCCCCCCCCC=CNC(Cc1ccccc1)C(=O)O. The normalized spacial score (nSPS) is 12.4. The zero-order chi connectivity index (χ0) is 16.8. The van der Waals surface area contributed by atoms with Gasteiger partial charge in [0, 0.05) is 6.42 Å². The van der Waals surface area contributed by atoms with Crippen LogP contribution in [-0.2, 0) is 11.2 Å². The molecule has 23 heavy (non-hydrogen) atoms. The Labute approximate surface area is 140 Å². The van der Waals surface area contributed by atoms with E-state index in [1.165, 1.54) is 44.9 Å². The van der Waals surface area contributed by atoms with E-state index < -0.39 is 12.0 Å². The van der Waals surface area contributed by atoms with Gasteiger partial charge < -0.3 is 10.4 Å². The molecule has 0 amide bonds. The molecule has 1 unspecified atom stereocenters. The molecule has 0 aliphatic rings. The van der Waals surface area contributed by atoms with Crippen LogP contribution in [0.2, 0.25) is 0 Å². The van der Waals surface area contributed by atoms with Crippen LogP contribution in [0.1, 0.15) is 63.9 Å². The highest BCUT2D eigenvalue weighted by Crippen LogP contribution is 2.08. The van der Waals surface area contributed by atoms with Crippen molar-refractivity contribution in [1.82, 2.24) is 5.32 Å². The number of unbranched alkanes of at least 4 members (excludes halogenated alkanes) is 7. The first-order valence-electron chi connectivity index (χ1n) is 8.91. The highest BCUT2D eigenvalue weighted by atomic mass is 16.4. The Morgan fingerprint density at radius 2 is 1.74 bits per heavy atom. The Kier molecular flexibility index (Phi) is 10.7. The Morgan fingerprint density at radius 1 is 1.09 bits per heavy atom. The molecule has 1 atom stereocenters. The molecule has 0 fully saturated rings. The summed E-state index contributed by atoms with van der Waals surface area (Å²) in [5.41, 5.74) is 1.04. The molecule has 1 aromatic carbocycles. The van der Waals surface area contributed by atoms with Gasteiger partial charge in [0.15, 0.2) is 0 Å². The molecule has 2 N–H and O–H groups in total. The third kappa shape index (κ3) is 9.77. The van der Waals surface area contributed by atoms with Gasteiger partial charge in [-0.05, 0) is 24.6 Å². The summed E-state index contributed by atoms with van der Waals surface area (Å²) >= 11 is 0. The molecule has 0 spiro atoms. The van der Waals surface area contributed by atoms with Crippen LogP contribution in [-0.4, -0.2) is 17.1 Å². The second-order valence-corrected chi connectivity index (χ2v) is 6.06. The van der Waals surface area contributed by atoms with Gasteiger partial charge in [0.2, 0.25) is 0 Å². The molecule has 1 aromatic rings. The molecule has 0 aliphatic heterocycles. The second kappa shape index (κ2) is 12.7. The number of rotatable bonds is 13. The Morgan fingerprint density at radius 3 is 2.39 bits per heavy atom. The van der Waals surface area contributed by atoms with Crippen LogP contribution >= 0.6 is 0 Å². The second-order valence-electron chi connectivity index (χ2n) is 6.06. The number of hydrogen-bond acceptors (Lipinski definition) is 2. The molecule has 0 radical (unpaired) electrons. The van der Waals surface area contributed by atoms with E-state index in [0.29, 0.717) is 6.42 Å². The van der Waals surface area contributed by atoms with Crippen molar-refractivity contribution >= 4 is 5.97 Å². The van der Waals surface area contributed by atoms with E-state index in [0.717, 1.165) is 12.0 Å². The lowest BCUT2D eigenvalue weighted by atomic mass is 10.1. The van der Waals surface area contributed by atoms with E-state index in [-0.39, 0.29) is 0 Å². The van der Waals surface area contributed by atoms with E-state index in [1.807, 2.05) is 36.4 Å². The van der Waals surface area contributed by atoms with Crippen LogP contribution in [0.5, 0.6) is 0 Å². The smallest absolute Gasteiger partial charge is 0.326 e. The maximum absolute atomic E-state index is 11.3. The van der Waals surface area contributed by atoms with Gasteiger partial charge >= 0.3 is 5.97 Å². The van der Waals surface area contributed by atoms with Crippen LogP contribution in [0.3, 0.4) is 0 Å². The Hall–Kier alpha value is -1.77. The van der Waals surface area contributed by atoms with Gasteiger partial charge in [-0.2, -0.15) is 0 Å². The minimum atomic E-state index is -0.811. The lowest BCUT2D eigenvalue weighted by Crippen LogP contribution is -2.35. The van der Waals surface area contributed by atoms with Gasteiger partial charge in [-0.1, -0.05) is 81.9 Å². The standard InChI is InChI=1S/C20H31NO2/c1-2-3-4-5-6-7-8-9-13-16-21-19(20(22)23)17-18-14-11-10-12-15-18/h10-16,19,21H,2-9,17H2,1H3,(H,22,23). The van der Waals surface area contributed by atoms with Gasteiger partial charge in [-0.25, -0.2) is 4.79 Å². The fraction of sp³-hybridized carbons (Fsp3) is 0.550. The van der Waals surface area contributed by atoms with Gasteiger partial charge in [0.1, 0.15) is 6.04 Å². The van der Waals surface area contributed by atoms with Gasteiger partial charge in [-0.3, -0.25) is 0 Å². The average Bonchev–Trinajstić information content (AvgIpc) is 2.56. The Balaban J connectivity index is 2.16. The van der Waals surface area contributed by atoms with Crippen molar-refractivity contribution < 1.29 is 9.90 Å². The van der Waals surface area contributed by atoms with Gasteiger partial charge in [0.05, 0.1) is 0 Å². The molecule has 0 heterocycles. The lowest BCUT2D eigenvalue weighted by Gasteiger charge is -2.12. The zero-order valence-electron chi connectivity index (χ0n) is 14.3. The average molecular weight is 317 g/mol. The van der Waals surface area contributed by atoms with E-state index >= 15 is 0 Å². The van der Waals surface area contributed by atoms with E-state index in [1.54, 1.807) is 6.20 Å². The molecule has 0 aliphatic carbocycles. The largest absolute Gasteiger partial charge is 0.480 e. The summed E-state index contributed by atoms with van der Waals surface area (Å²) in [5, 5.41) is 12.3. The van der Waals surface area contributed by atoms with Crippen molar-refractivity contribution in [3.8, 4) is 0 Å². The number of carbonyl (C=O) groups is 1. The molecule has 0 bridgehead atoms. The van der Waals surface area contributed by atoms with E-state index in [9.17, 15) is 9.90 Å². The predicted octanol–water partition coefficient (Wildman–Crippen LogP) is 4.93. The fourth-order valence-electron chi connectivity index (χ4n) is 2.55. The third-order valence-corrected chi connectivity index (χ3v) is 3.97. The maximum atomic E-state index is 11.3. The highest BCUT2D eigenvalue weighted by molar-refractivity contribution is 5.74. The minimum Gasteiger partial charge on any atom is -0.480 e. The summed E-state index contributed by atoms with van der Waals surface area (Å²) in [4.78, 5) is 11.3. The summed E-state index contributed by atoms with van der Waals surface area (Å²) in [7, 11) is 0. The van der Waals surface area contributed by atoms with Crippen molar-refractivity contribution in [2.24, 2.45) is 0 Å². The molecule has 1 rings (SSSR count). The molecule has 3 heteroatoms. The van der Waals surface area contributed by atoms with Crippen molar-refractivity contribution in [3.05, 3.63) is 48.2 Å². The number of allylic oxidation sites excluding steroid dienone is 1. The van der Waals surface area contributed by atoms with Crippen LogP contribution in [0, 0.1) is 0 Å². The molecule has 0 saturated heterocycles. The molecular weight excluding hydrogens is 286 g/mol. The summed E-state index contributed by atoms with van der Waals surface area (Å²) in [5.74, 6) is -0.811. The van der Waals surface area contributed by atoms with Gasteiger partial charge in [0.25, 0.3) is 0 Å². The number of nitrogens with one attached hydrogen (secondary N) is 1. The first kappa shape index (κ1) is 19.3. The summed E-state index contributed by atoms with van der Waals surface area (Å²) in [6, 6.07) is 9.16. The van der Waals surface area contributed by atoms with Crippen molar-refractivity contribution in [2.75, 3.05) is 0 Å². The number of carboxylic acids is 1. The maximum Gasteiger partial charge on any atom is 0.326 e. The Bertz CT molecular complexity index is 442. The lowest BCUT2D eigenvalue weighted by molar-refractivity contribution is -0.139. The summed E-state index contributed by atoms with van der Waals surface area (Å²) < 4.78 is 0. The molecule has 3 nitrogen and oxygen atoms in total. The zero-order valence-corrected chi connectivity index (χ0v) is 14.3. The molecule has 128 valence electrons. The first-order chi connectivity index (χ1) is 11.2. The van der Waals surface area contributed by atoms with Crippen LogP contribution < -0.4 is 5.32 Å². The number of benzene rings is 1. The number of aliphatic carboxylic acids is 1. The summed E-state index contributed by atoms with van der Waals surface area (Å²) in [6.45, 7) is 2.24. The molecule has 0 aromatic heterocycles. The van der Waals surface area contributed by atoms with E-state index in [2.05, 4.69) is 12.2 Å². The predicted molar refractivity (Wildman–Crippen MR) is 96.5 cm³/mol. The highest BCUT2D eigenvalue weighted by Gasteiger charge is 2.15. The minimum absolute atomic E-state index is 0.498. The topological polar surface area (TPSA) is 49.3 Å². The molecule has 0 saturated carbocycles. The molecular formula is C20H31NO2. The van der Waals surface area contributed by atoms with E-state index in [4.69, 9.17) is 0 Å². The summed E-state index contributed by atoms with van der Waals surface area (Å²) in [6.07, 6.45) is 14.5. The number of hydrogen-bond donors (Lipinski definition) is 2. The monoisotopic (exact) mass is 317 g/mol.